The van der Waals surface area contributed by atoms with E-state index in [-0.39, 0.29) is 11.9 Å². The molecule has 7 nitrogen and oxygen atoms in total. The molecule has 1 N–H and O–H groups in total. The Morgan fingerprint density at radius 2 is 2.00 bits per heavy atom. The van der Waals surface area contributed by atoms with E-state index in [9.17, 15) is 4.79 Å². The number of hydrogen-bond donors (Lipinski definition) is 1. The highest BCUT2D eigenvalue weighted by Crippen LogP contribution is 2.19. The normalized spacial score (nSPS) is 14.8. The Bertz CT molecular complexity index is 809. The minimum absolute atomic E-state index is 0.134. The van der Waals surface area contributed by atoms with Crippen LogP contribution in [0.2, 0.25) is 0 Å². The first-order valence-corrected chi connectivity index (χ1v) is 7.06. The summed E-state index contributed by atoms with van der Waals surface area (Å²) in [5.41, 5.74) is 2.25. The molecule has 0 aliphatic carbocycles. The lowest BCUT2D eigenvalue weighted by molar-refractivity contribution is 0.0923. The van der Waals surface area contributed by atoms with Gasteiger partial charge in [0.1, 0.15) is 5.69 Å². The summed E-state index contributed by atoms with van der Waals surface area (Å²) in [6, 6.07) is 7.68. The Kier molecular flexibility index (Phi) is 2.96. The van der Waals surface area contributed by atoms with Crippen LogP contribution in [0, 0.1) is 0 Å². The second-order valence-corrected chi connectivity index (χ2v) is 5.22. The van der Waals surface area contributed by atoms with Crippen molar-refractivity contribution in [2.75, 3.05) is 18.0 Å². The standard InChI is InChI=1S/C15H14N6O/c22-15(13-8-17-14-2-1-5-18-21(13)14)19-11-9-20(10-11)12-3-6-16-7-4-12/h1-8,11H,9-10H2,(H,19,22). The minimum atomic E-state index is -0.148. The maximum Gasteiger partial charge on any atom is 0.271 e. The van der Waals surface area contributed by atoms with E-state index in [4.69, 9.17) is 0 Å². The zero-order valence-electron chi connectivity index (χ0n) is 11.8. The SMILES string of the molecule is O=C(NC1CN(c2ccncc2)C1)c1cnc2cccnn12. The Morgan fingerprint density at radius 1 is 1.18 bits per heavy atom. The summed E-state index contributed by atoms with van der Waals surface area (Å²) in [5.74, 6) is -0.148. The molecular formula is C15H14N6O. The fourth-order valence-corrected chi connectivity index (χ4v) is 2.58. The molecule has 7 heteroatoms. The van der Waals surface area contributed by atoms with E-state index in [0.717, 1.165) is 18.8 Å². The number of amides is 1. The van der Waals surface area contributed by atoms with Gasteiger partial charge in [0, 0.05) is 37.4 Å². The molecule has 3 aromatic heterocycles. The topological polar surface area (TPSA) is 75.4 Å². The summed E-state index contributed by atoms with van der Waals surface area (Å²) in [5, 5.41) is 7.17. The van der Waals surface area contributed by atoms with Crippen molar-refractivity contribution >= 4 is 17.2 Å². The molecular weight excluding hydrogens is 280 g/mol. The highest BCUT2D eigenvalue weighted by atomic mass is 16.2. The molecule has 110 valence electrons. The molecule has 0 saturated carbocycles. The van der Waals surface area contributed by atoms with E-state index in [2.05, 4.69) is 25.3 Å². The molecule has 22 heavy (non-hydrogen) atoms. The largest absolute Gasteiger partial charge is 0.367 e. The van der Waals surface area contributed by atoms with Crippen LogP contribution in [0.3, 0.4) is 0 Å². The van der Waals surface area contributed by atoms with Gasteiger partial charge < -0.3 is 10.2 Å². The van der Waals surface area contributed by atoms with Crippen molar-refractivity contribution in [1.82, 2.24) is 24.9 Å². The number of carbonyl (C=O) groups excluding carboxylic acids is 1. The van der Waals surface area contributed by atoms with Gasteiger partial charge in [0.25, 0.3) is 5.91 Å². The molecule has 4 rings (SSSR count). The third-order valence-corrected chi connectivity index (χ3v) is 3.76. The van der Waals surface area contributed by atoms with Crippen LogP contribution in [0.25, 0.3) is 5.65 Å². The molecule has 1 aliphatic rings. The molecule has 0 spiro atoms. The van der Waals surface area contributed by atoms with Gasteiger partial charge in [0.05, 0.1) is 12.2 Å². The van der Waals surface area contributed by atoms with Gasteiger partial charge in [-0.05, 0) is 24.3 Å². The number of pyridine rings is 1. The molecule has 0 atom stereocenters. The maximum absolute atomic E-state index is 12.3. The van der Waals surface area contributed by atoms with E-state index in [1.165, 1.54) is 0 Å². The van der Waals surface area contributed by atoms with Gasteiger partial charge in [-0.25, -0.2) is 9.50 Å². The monoisotopic (exact) mass is 294 g/mol. The van der Waals surface area contributed by atoms with Gasteiger partial charge >= 0.3 is 0 Å². The number of nitrogens with zero attached hydrogens (tertiary/aromatic N) is 5. The number of hydrogen-bond acceptors (Lipinski definition) is 5. The first-order chi connectivity index (χ1) is 10.8. The molecule has 4 heterocycles. The Labute approximate surface area is 126 Å². The van der Waals surface area contributed by atoms with Crippen LogP contribution < -0.4 is 10.2 Å². The number of imidazole rings is 1. The summed E-state index contributed by atoms with van der Waals surface area (Å²) in [4.78, 5) is 22.7. The van der Waals surface area contributed by atoms with Crippen LogP contribution in [0.5, 0.6) is 0 Å². The molecule has 0 bridgehead atoms. The number of aromatic nitrogens is 4. The minimum Gasteiger partial charge on any atom is -0.367 e. The summed E-state index contributed by atoms with van der Waals surface area (Å²) >= 11 is 0. The van der Waals surface area contributed by atoms with Crippen LogP contribution >= 0.6 is 0 Å². The van der Waals surface area contributed by atoms with Gasteiger partial charge in [0.15, 0.2) is 5.65 Å². The second kappa shape index (κ2) is 5.10. The number of carbonyl (C=O) groups is 1. The van der Waals surface area contributed by atoms with E-state index in [1.54, 1.807) is 35.4 Å². The summed E-state index contributed by atoms with van der Waals surface area (Å²) in [7, 11) is 0. The van der Waals surface area contributed by atoms with Crippen LogP contribution in [0.15, 0.2) is 49.1 Å². The molecule has 1 saturated heterocycles. The predicted molar refractivity (Wildman–Crippen MR) is 80.7 cm³/mol. The van der Waals surface area contributed by atoms with Gasteiger partial charge in [-0.15, -0.1) is 0 Å². The zero-order chi connectivity index (χ0) is 14.9. The smallest absolute Gasteiger partial charge is 0.271 e. The van der Waals surface area contributed by atoms with Gasteiger partial charge in [0.2, 0.25) is 0 Å². The maximum atomic E-state index is 12.3. The first-order valence-electron chi connectivity index (χ1n) is 7.06. The summed E-state index contributed by atoms with van der Waals surface area (Å²) < 4.78 is 1.55. The van der Waals surface area contributed by atoms with Crippen molar-refractivity contribution in [1.29, 1.82) is 0 Å². The van der Waals surface area contributed by atoms with E-state index in [0.29, 0.717) is 11.3 Å². The van der Waals surface area contributed by atoms with Gasteiger partial charge in [-0.3, -0.25) is 9.78 Å². The number of fused-ring (bicyclic) bond motifs is 1. The molecule has 0 radical (unpaired) electrons. The van der Waals surface area contributed by atoms with Crippen molar-refractivity contribution < 1.29 is 4.79 Å². The van der Waals surface area contributed by atoms with Crippen molar-refractivity contribution in [3.63, 3.8) is 0 Å². The lowest BCUT2D eigenvalue weighted by Gasteiger charge is -2.41. The van der Waals surface area contributed by atoms with Crippen molar-refractivity contribution in [3.8, 4) is 0 Å². The third kappa shape index (κ3) is 2.16. The van der Waals surface area contributed by atoms with Crippen molar-refractivity contribution in [2.45, 2.75) is 6.04 Å². The number of rotatable bonds is 3. The van der Waals surface area contributed by atoms with Gasteiger partial charge in [-0.2, -0.15) is 5.10 Å². The zero-order valence-corrected chi connectivity index (χ0v) is 11.8. The fourth-order valence-electron chi connectivity index (χ4n) is 2.58. The Morgan fingerprint density at radius 3 is 2.82 bits per heavy atom. The van der Waals surface area contributed by atoms with Crippen LogP contribution in [-0.4, -0.2) is 44.6 Å². The second-order valence-electron chi connectivity index (χ2n) is 5.22. The molecule has 1 aliphatic heterocycles. The molecule has 1 amide bonds. The lowest BCUT2D eigenvalue weighted by atomic mass is 10.1. The van der Waals surface area contributed by atoms with Crippen LogP contribution in [0.1, 0.15) is 10.5 Å². The van der Waals surface area contributed by atoms with Crippen molar-refractivity contribution in [2.24, 2.45) is 0 Å². The third-order valence-electron chi connectivity index (χ3n) is 3.76. The van der Waals surface area contributed by atoms with Gasteiger partial charge in [-0.1, -0.05) is 0 Å². The van der Waals surface area contributed by atoms with Crippen LogP contribution in [-0.2, 0) is 0 Å². The molecule has 1 fully saturated rings. The summed E-state index contributed by atoms with van der Waals surface area (Å²) in [6.45, 7) is 1.58. The average molecular weight is 294 g/mol. The summed E-state index contributed by atoms with van der Waals surface area (Å²) in [6.07, 6.45) is 6.73. The average Bonchev–Trinajstić information content (AvgIpc) is 2.95. The van der Waals surface area contributed by atoms with E-state index >= 15 is 0 Å². The first kappa shape index (κ1) is 12.8. The van der Waals surface area contributed by atoms with E-state index < -0.39 is 0 Å². The number of anilines is 1. The lowest BCUT2D eigenvalue weighted by Crippen LogP contribution is -2.59. The molecule has 0 aromatic carbocycles. The fraction of sp³-hybridized carbons (Fsp3) is 0.200. The number of nitrogens with one attached hydrogen (secondary N) is 1. The molecule has 0 unspecified atom stereocenters. The Balaban J connectivity index is 1.42. The van der Waals surface area contributed by atoms with E-state index in [1.807, 2.05) is 18.2 Å². The molecule has 3 aromatic rings. The van der Waals surface area contributed by atoms with Crippen LogP contribution in [0.4, 0.5) is 5.69 Å². The predicted octanol–water partition coefficient (Wildman–Crippen LogP) is 0.743. The highest BCUT2D eigenvalue weighted by Gasteiger charge is 2.29. The quantitative estimate of drug-likeness (QED) is 0.771. The Hall–Kier alpha value is -2.96. The van der Waals surface area contributed by atoms with Crippen molar-refractivity contribution in [3.05, 3.63) is 54.7 Å². The highest BCUT2D eigenvalue weighted by molar-refractivity contribution is 5.93.